The molecule has 3 rings (SSSR count). The van der Waals surface area contributed by atoms with Gasteiger partial charge in [0.15, 0.2) is 5.11 Å². The van der Waals surface area contributed by atoms with E-state index in [0.29, 0.717) is 10.1 Å². The lowest BCUT2D eigenvalue weighted by molar-refractivity contribution is 0.177. The van der Waals surface area contributed by atoms with Crippen molar-refractivity contribution >= 4 is 46.0 Å². The summed E-state index contributed by atoms with van der Waals surface area (Å²) in [5, 5.41) is 6.81. The zero-order valence-electron chi connectivity index (χ0n) is 17.2. The molecule has 0 unspecified atom stereocenters. The Hall–Kier alpha value is -1.34. The van der Waals surface area contributed by atoms with Gasteiger partial charge in [-0.1, -0.05) is 24.6 Å². The maximum absolute atomic E-state index is 6.18. The molecule has 2 aromatic rings. The summed E-state index contributed by atoms with van der Waals surface area (Å²) in [6.07, 6.45) is 3.76. The fourth-order valence-corrected chi connectivity index (χ4v) is 4.95. The number of likely N-dealkylation sites (tertiary alicyclic amines) is 1. The highest BCUT2D eigenvalue weighted by molar-refractivity contribution is 7.80. The van der Waals surface area contributed by atoms with E-state index in [1.165, 1.54) is 30.8 Å². The fraction of sp³-hybridized carbons (Fsp3) is 0.500. The minimum Gasteiger partial charge on any atom is -0.495 e. The lowest BCUT2D eigenvalue weighted by Crippen LogP contribution is -2.39. The molecule has 0 amide bonds. The van der Waals surface area contributed by atoms with E-state index in [2.05, 4.69) is 39.6 Å². The van der Waals surface area contributed by atoms with Crippen LogP contribution in [0.3, 0.4) is 0 Å². The first kappa shape index (κ1) is 22.3. The average Bonchev–Trinajstić information content (AvgIpc) is 3.20. The number of nitrogens with one attached hydrogen (secondary N) is 1. The normalized spacial score (nSPS) is 17.1. The number of benzene rings is 1. The predicted molar refractivity (Wildman–Crippen MR) is 128 cm³/mol. The van der Waals surface area contributed by atoms with Crippen LogP contribution in [0.4, 0.5) is 5.69 Å². The van der Waals surface area contributed by atoms with Gasteiger partial charge in [0.05, 0.1) is 19.3 Å². The summed E-state index contributed by atoms with van der Waals surface area (Å²) in [6, 6.07) is 9.77. The number of ether oxygens (including phenoxy) is 1. The van der Waals surface area contributed by atoms with Crippen molar-refractivity contribution in [2.45, 2.75) is 32.7 Å². The Labute approximate surface area is 188 Å². The van der Waals surface area contributed by atoms with Crippen LogP contribution >= 0.6 is 35.2 Å². The highest BCUT2D eigenvalue weighted by atomic mass is 35.5. The Bertz CT molecular complexity index is 784. The number of anilines is 1. The van der Waals surface area contributed by atoms with Crippen molar-refractivity contribution in [2.24, 2.45) is 5.92 Å². The number of methoxy groups -OCH3 is 1. The summed E-state index contributed by atoms with van der Waals surface area (Å²) in [6.45, 7) is 7.63. The summed E-state index contributed by atoms with van der Waals surface area (Å²) in [5.41, 5.74) is 0.797. The van der Waals surface area contributed by atoms with E-state index in [-0.39, 0.29) is 0 Å². The molecule has 0 saturated carbocycles. The van der Waals surface area contributed by atoms with Crippen LogP contribution in [-0.4, -0.2) is 48.2 Å². The monoisotopic (exact) mass is 451 g/mol. The van der Waals surface area contributed by atoms with Crippen LogP contribution in [0, 0.1) is 5.92 Å². The molecule has 1 atom stereocenters. The predicted octanol–water partition coefficient (Wildman–Crippen LogP) is 5.73. The Morgan fingerprint density at radius 1 is 1.41 bits per heavy atom. The van der Waals surface area contributed by atoms with Crippen LogP contribution in [0.25, 0.3) is 0 Å². The van der Waals surface area contributed by atoms with Crippen LogP contribution in [0.5, 0.6) is 5.75 Å². The molecule has 1 aliphatic heterocycles. The summed E-state index contributed by atoms with van der Waals surface area (Å²) in [5.74, 6) is 1.54. The van der Waals surface area contributed by atoms with Gasteiger partial charge in [0, 0.05) is 23.0 Å². The summed E-state index contributed by atoms with van der Waals surface area (Å²) >= 11 is 13.7. The molecular weight excluding hydrogens is 422 g/mol. The molecule has 1 aliphatic rings. The van der Waals surface area contributed by atoms with Crippen molar-refractivity contribution in [1.82, 2.24) is 9.80 Å². The zero-order valence-corrected chi connectivity index (χ0v) is 19.6. The lowest BCUT2D eigenvalue weighted by Gasteiger charge is -2.32. The number of thiocarbonyl (C=S) groups is 1. The Balaban J connectivity index is 1.63. The highest BCUT2D eigenvalue weighted by Gasteiger charge is 2.18. The molecule has 1 aromatic heterocycles. The molecule has 158 valence electrons. The van der Waals surface area contributed by atoms with Gasteiger partial charge in [-0.2, -0.15) is 0 Å². The molecule has 1 fully saturated rings. The summed E-state index contributed by atoms with van der Waals surface area (Å²) in [4.78, 5) is 6.14. The van der Waals surface area contributed by atoms with Gasteiger partial charge in [0.2, 0.25) is 0 Å². The van der Waals surface area contributed by atoms with E-state index in [0.717, 1.165) is 43.4 Å². The van der Waals surface area contributed by atoms with Crippen molar-refractivity contribution in [2.75, 3.05) is 38.6 Å². The molecule has 0 radical (unpaired) electrons. The first-order valence-corrected chi connectivity index (χ1v) is 11.9. The minimum atomic E-state index is 0.653. The van der Waals surface area contributed by atoms with Crippen LogP contribution in [0.1, 0.15) is 31.1 Å². The van der Waals surface area contributed by atoms with E-state index >= 15 is 0 Å². The van der Waals surface area contributed by atoms with E-state index < -0.39 is 0 Å². The van der Waals surface area contributed by atoms with Gasteiger partial charge in [-0.3, -0.25) is 0 Å². The van der Waals surface area contributed by atoms with Gasteiger partial charge < -0.3 is 19.9 Å². The van der Waals surface area contributed by atoms with Crippen molar-refractivity contribution < 1.29 is 4.74 Å². The van der Waals surface area contributed by atoms with Gasteiger partial charge in [0.25, 0.3) is 0 Å². The molecule has 0 spiro atoms. The largest absolute Gasteiger partial charge is 0.495 e. The third-order valence-electron chi connectivity index (χ3n) is 5.26. The number of thiophene rings is 1. The molecule has 29 heavy (non-hydrogen) atoms. The van der Waals surface area contributed by atoms with Gasteiger partial charge >= 0.3 is 0 Å². The molecular formula is C22H30ClN3OS2. The summed E-state index contributed by atoms with van der Waals surface area (Å²) < 4.78 is 5.45. The number of rotatable bonds is 8. The molecule has 1 N–H and O–H groups in total. The van der Waals surface area contributed by atoms with E-state index in [4.69, 9.17) is 28.6 Å². The molecule has 2 heterocycles. The van der Waals surface area contributed by atoms with Gasteiger partial charge in [-0.05, 0) is 80.1 Å². The summed E-state index contributed by atoms with van der Waals surface area (Å²) in [7, 11) is 1.65. The number of halogens is 1. The first-order valence-electron chi connectivity index (χ1n) is 10.2. The highest BCUT2D eigenvalue weighted by Crippen LogP contribution is 2.28. The van der Waals surface area contributed by atoms with E-state index in [1.807, 2.05) is 18.2 Å². The van der Waals surface area contributed by atoms with Crippen LogP contribution in [0.15, 0.2) is 35.7 Å². The SMILES string of the molecule is COc1ccc(Cl)cc1NC(=S)N(CCCN1CCC[C@H](C)C1)Cc1cccs1. The van der Waals surface area contributed by atoms with Crippen LogP contribution < -0.4 is 10.1 Å². The first-order chi connectivity index (χ1) is 14.0. The molecule has 1 saturated heterocycles. The van der Waals surface area contributed by atoms with Gasteiger partial charge in [-0.15, -0.1) is 11.3 Å². The Morgan fingerprint density at radius 3 is 3.00 bits per heavy atom. The second-order valence-electron chi connectivity index (χ2n) is 7.68. The molecule has 0 aliphatic carbocycles. The quantitative estimate of drug-likeness (QED) is 0.517. The molecule has 1 aromatic carbocycles. The molecule has 4 nitrogen and oxygen atoms in total. The number of hydrogen-bond acceptors (Lipinski definition) is 4. The molecule has 0 bridgehead atoms. The number of piperidine rings is 1. The average molecular weight is 452 g/mol. The standard InChI is InChI=1S/C22H30ClN3OS2/c1-17-6-3-10-25(15-17)11-5-12-26(16-19-7-4-13-29-19)22(28)24-20-14-18(23)8-9-21(20)27-2/h4,7-9,13-14,17H,3,5-6,10-12,15-16H2,1-2H3,(H,24,28)/t17-/m0/s1. The zero-order chi connectivity index (χ0) is 20.6. The maximum atomic E-state index is 6.18. The van der Waals surface area contributed by atoms with Crippen molar-refractivity contribution in [1.29, 1.82) is 0 Å². The Kier molecular flexibility index (Phi) is 8.60. The Morgan fingerprint density at radius 2 is 2.28 bits per heavy atom. The van der Waals surface area contributed by atoms with E-state index in [9.17, 15) is 0 Å². The van der Waals surface area contributed by atoms with Gasteiger partial charge in [-0.25, -0.2) is 0 Å². The third-order valence-corrected chi connectivity index (χ3v) is 6.72. The maximum Gasteiger partial charge on any atom is 0.173 e. The second-order valence-corrected chi connectivity index (χ2v) is 9.53. The minimum absolute atomic E-state index is 0.653. The van der Waals surface area contributed by atoms with Crippen LogP contribution in [-0.2, 0) is 6.54 Å². The van der Waals surface area contributed by atoms with Crippen LogP contribution in [0.2, 0.25) is 5.02 Å². The topological polar surface area (TPSA) is 27.7 Å². The van der Waals surface area contributed by atoms with Crippen molar-refractivity contribution in [3.8, 4) is 5.75 Å². The second kappa shape index (κ2) is 11.2. The molecule has 7 heteroatoms. The van der Waals surface area contributed by atoms with Crippen molar-refractivity contribution in [3.05, 3.63) is 45.6 Å². The van der Waals surface area contributed by atoms with Crippen molar-refractivity contribution in [3.63, 3.8) is 0 Å². The van der Waals surface area contributed by atoms with Gasteiger partial charge in [0.1, 0.15) is 5.75 Å². The number of nitrogens with zero attached hydrogens (tertiary/aromatic N) is 2. The fourth-order valence-electron chi connectivity index (χ4n) is 3.79. The van der Waals surface area contributed by atoms with E-state index in [1.54, 1.807) is 18.4 Å². The smallest absolute Gasteiger partial charge is 0.173 e. The third kappa shape index (κ3) is 6.85. The lowest BCUT2D eigenvalue weighted by atomic mass is 10.0. The number of hydrogen-bond donors (Lipinski definition) is 1.